The lowest BCUT2D eigenvalue weighted by Gasteiger charge is -2.17. The van der Waals surface area contributed by atoms with Crippen LogP contribution in [0.25, 0.3) is 0 Å². The van der Waals surface area contributed by atoms with Gasteiger partial charge in [0, 0.05) is 0 Å². The molecule has 1 nitrogen and oxygen atoms in total. The summed E-state index contributed by atoms with van der Waals surface area (Å²) in [5.74, 6) is 0.398. The third-order valence-electron chi connectivity index (χ3n) is 2.86. The maximum Gasteiger partial charge on any atom is 0.0582 e. The zero-order valence-corrected chi connectivity index (χ0v) is 10.5. The lowest BCUT2D eigenvalue weighted by molar-refractivity contribution is 0.157. The van der Waals surface area contributed by atoms with Gasteiger partial charge < -0.3 is 5.11 Å². The van der Waals surface area contributed by atoms with Gasteiger partial charge in [0.15, 0.2) is 0 Å². The van der Waals surface area contributed by atoms with Gasteiger partial charge in [-0.2, -0.15) is 0 Å². The van der Waals surface area contributed by atoms with Crippen molar-refractivity contribution >= 4 is 0 Å². The van der Waals surface area contributed by atoms with Crippen LogP contribution in [0.15, 0.2) is 36.4 Å². The Labute approximate surface area is 98.8 Å². The predicted molar refractivity (Wildman–Crippen MR) is 69.6 cm³/mol. The average molecular weight is 218 g/mol. The van der Waals surface area contributed by atoms with Gasteiger partial charge >= 0.3 is 0 Å². The van der Waals surface area contributed by atoms with Crippen LogP contribution in [0.1, 0.15) is 43.7 Å². The van der Waals surface area contributed by atoms with E-state index >= 15 is 0 Å². The van der Waals surface area contributed by atoms with E-state index < -0.39 is 0 Å². The van der Waals surface area contributed by atoms with Gasteiger partial charge in [-0.1, -0.05) is 42.3 Å². The van der Waals surface area contributed by atoms with Gasteiger partial charge in [0.1, 0.15) is 0 Å². The second-order valence-corrected chi connectivity index (χ2v) is 4.86. The van der Waals surface area contributed by atoms with Crippen molar-refractivity contribution in [3.63, 3.8) is 0 Å². The number of hydrogen-bond donors (Lipinski definition) is 1. The molecule has 0 amide bonds. The third kappa shape index (κ3) is 4.19. The molecule has 1 aromatic rings. The molecule has 0 saturated carbocycles. The second kappa shape index (κ2) is 5.86. The Morgan fingerprint density at radius 3 is 2.38 bits per heavy atom. The highest BCUT2D eigenvalue weighted by Crippen LogP contribution is 2.22. The summed E-state index contributed by atoms with van der Waals surface area (Å²) in [7, 11) is 0. The Hall–Kier alpha value is -1.08. The summed E-state index contributed by atoms with van der Waals surface area (Å²) < 4.78 is 0. The molecule has 0 radical (unpaired) electrons. The van der Waals surface area contributed by atoms with Gasteiger partial charge in [-0.15, -0.1) is 6.58 Å². The third-order valence-corrected chi connectivity index (χ3v) is 2.86. The topological polar surface area (TPSA) is 20.2 Å². The Morgan fingerprint density at radius 2 is 1.88 bits per heavy atom. The summed E-state index contributed by atoms with van der Waals surface area (Å²) in [6.45, 7) is 10.0. The maximum atomic E-state index is 9.85. The van der Waals surface area contributed by atoms with Gasteiger partial charge in [0.25, 0.3) is 0 Å². The molecule has 0 aliphatic heterocycles. The highest BCUT2D eigenvalue weighted by Gasteiger charge is 2.12. The lowest BCUT2D eigenvalue weighted by atomic mass is 9.92. The summed E-state index contributed by atoms with van der Waals surface area (Å²) in [5.41, 5.74) is 3.62. The molecule has 0 unspecified atom stereocenters. The van der Waals surface area contributed by atoms with Gasteiger partial charge in [-0.25, -0.2) is 0 Å². The Balaban J connectivity index is 2.54. The first-order valence-corrected chi connectivity index (χ1v) is 5.88. The van der Waals surface area contributed by atoms with Gasteiger partial charge in [-0.3, -0.25) is 0 Å². The molecular weight excluding hydrogens is 196 g/mol. The van der Waals surface area contributed by atoms with Crippen LogP contribution in [0, 0.1) is 6.92 Å². The van der Waals surface area contributed by atoms with Crippen LogP contribution in [-0.4, -0.2) is 11.2 Å². The second-order valence-electron chi connectivity index (χ2n) is 4.86. The van der Waals surface area contributed by atoms with Crippen molar-refractivity contribution in [1.82, 2.24) is 0 Å². The van der Waals surface area contributed by atoms with E-state index in [0.717, 1.165) is 12.0 Å². The molecule has 0 aliphatic carbocycles. The first kappa shape index (κ1) is 13.0. The number of aryl methyl sites for hydroxylation is 1. The van der Waals surface area contributed by atoms with Crippen LogP contribution >= 0.6 is 0 Å². The van der Waals surface area contributed by atoms with E-state index in [1.807, 2.05) is 6.92 Å². The fraction of sp³-hybridized carbons (Fsp3) is 0.467. The van der Waals surface area contributed by atoms with Crippen LogP contribution in [-0.2, 0) is 0 Å². The summed E-state index contributed by atoms with van der Waals surface area (Å²) in [6.07, 6.45) is 1.24. The molecule has 0 spiro atoms. The number of aliphatic hydroxyl groups excluding tert-OH is 1. The van der Waals surface area contributed by atoms with E-state index in [1.54, 1.807) is 0 Å². The predicted octanol–water partition coefficient (Wildman–Crippen LogP) is 3.82. The molecule has 88 valence electrons. The minimum atomic E-state index is -0.270. The Morgan fingerprint density at radius 1 is 1.31 bits per heavy atom. The van der Waals surface area contributed by atoms with Crippen LogP contribution < -0.4 is 0 Å². The molecule has 1 heteroatoms. The molecule has 1 aromatic carbocycles. The molecule has 0 fully saturated rings. The largest absolute Gasteiger partial charge is 0.393 e. The number of hydrogen-bond acceptors (Lipinski definition) is 1. The average Bonchev–Trinajstić information content (AvgIpc) is 2.16. The molecule has 0 aliphatic rings. The quantitative estimate of drug-likeness (QED) is 0.745. The first-order valence-electron chi connectivity index (χ1n) is 5.88. The molecule has 1 N–H and O–H groups in total. The van der Waals surface area contributed by atoms with Crippen molar-refractivity contribution in [2.24, 2.45) is 0 Å². The van der Waals surface area contributed by atoms with Crippen molar-refractivity contribution in [1.29, 1.82) is 0 Å². The molecule has 0 saturated heterocycles. The van der Waals surface area contributed by atoms with Crippen LogP contribution in [0.5, 0.6) is 0 Å². The highest BCUT2D eigenvalue weighted by atomic mass is 16.3. The molecule has 0 heterocycles. The first-order chi connectivity index (χ1) is 7.49. The van der Waals surface area contributed by atoms with E-state index in [0.29, 0.717) is 12.3 Å². The molecule has 0 aromatic heterocycles. The summed E-state index contributed by atoms with van der Waals surface area (Å²) >= 11 is 0. The summed E-state index contributed by atoms with van der Waals surface area (Å²) in [6, 6.07) is 8.54. The van der Waals surface area contributed by atoms with Crippen molar-refractivity contribution in [3.05, 3.63) is 47.5 Å². The zero-order chi connectivity index (χ0) is 12.1. The fourth-order valence-electron chi connectivity index (χ4n) is 1.92. The van der Waals surface area contributed by atoms with Crippen LogP contribution in [0.4, 0.5) is 0 Å². The van der Waals surface area contributed by atoms with E-state index in [9.17, 15) is 5.11 Å². The van der Waals surface area contributed by atoms with E-state index in [4.69, 9.17) is 0 Å². The highest BCUT2D eigenvalue weighted by molar-refractivity contribution is 5.24. The van der Waals surface area contributed by atoms with E-state index in [1.165, 1.54) is 11.1 Å². The van der Waals surface area contributed by atoms with Gasteiger partial charge in [0.2, 0.25) is 0 Å². The standard InChI is InChI=1S/C15H22O/c1-11(2)9-15(16)10-13(4)14-7-5-12(3)6-8-14/h5-8,13,15-16H,1,9-10H2,2-4H3/t13-,15-/m1/s1. The number of rotatable bonds is 5. The minimum absolute atomic E-state index is 0.270. The fourth-order valence-corrected chi connectivity index (χ4v) is 1.92. The lowest BCUT2D eigenvalue weighted by Crippen LogP contribution is -2.11. The molecule has 1 rings (SSSR count). The molecule has 16 heavy (non-hydrogen) atoms. The minimum Gasteiger partial charge on any atom is -0.393 e. The number of aliphatic hydroxyl groups is 1. The summed E-state index contributed by atoms with van der Waals surface area (Å²) in [4.78, 5) is 0. The van der Waals surface area contributed by atoms with Crippen molar-refractivity contribution in [3.8, 4) is 0 Å². The summed E-state index contributed by atoms with van der Waals surface area (Å²) in [5, 5.41) is 9.85. The molecule has 2 atom stereocenters. The molecular formula is C15H22O. The van der Waals surface area contributed by atoms with E-state index in [-0.39, 0.29) is 6.10 Å². The number of benzene rings is 1. The Bertz CT molecular complexity index is 337. The normalized spacial score (nSPS) is 14.5. The van der Waals surface area contributed by atoms with Crippen LogP contribution in [0.2, 0.25) is 0 Å². The van der Waals surface area contributed by atoms with Gasteiger partial charge in [0.05, 0.1) is 6.10 Å². The maximum absolute atomic E-state index is 9.85. The van der Waals surface area contributed by atoms with Crippen LogP contribution in [0.3, 0.4) is 0 Å². The van der Waals surface area contributed by atoms with Crippen molar-refractivity contribution in [2.45, 2.75) is 45.6 Å². The SMILES string of the molecule is C=C(C)C[C@@H](O)C[C@@H](C)c1ccc(C)cc1. The van der Waals surface area contributed by atoms with Gasteiger partial charge in [-0.05, 0) is 38.2 Å². The zero-order valence-electron chi connectivity index (χ0n) is 10.5. The molecule has 0 bridgehead atoms. The van der Waals surface area contributed by atoms with Crippen molar-refractivity contribution < 1.29 is 5.11 Å². The Kier molecular flexibility index (Phi) is 4.75. The smallest absolute Gasteiger partial charge is 0.0582 e. The monoisotopic (exact) mass is 218 g/mol. The van der Waals surface area contributed by atoms with E-state index in [2.05, 4.69) is 44.7 Å². The van der Waals surface area contributed by atoms with Crippen molar-refractivity contribution in [2.75, 3.05) is 0 Å².